The second-order valence-corrected chi connectivity index (χ2v) is 5.60. The SMILES string of the molecule is COc1ccccc1NC(N)=NCCCOCCOCc1ccccc1. The van der Waals surface area contributed by atoms with E-state index in [-0.39, 0.29) is 0 Å². The van der Waals surface area contributed by atoms with Gasteiger partial charge in [0.15, 0.2) is 5.96 Å². The van der Waals surface area contributed by atoms with E-state index < -0.39 is 0 Å². The summed E-state index contributed by atoms with van der Waals surface area (Å²) in [6.07, 6.45) is 0.799. The summed E-state index contributed by atoms with van der Waals surface area (Å²) in [6, 6.07) is 17.7. The molecule has 6 nitrogen and oxygen atoms in total. The first kappa shape index (κ1) is 19.8. The van der Waals surface area contributed by atoms with Gasteiger partial charge in [0.25, 0.3) is 0 Å². The summed E-state index contributed by atoms with van der Waals surface area (Å²) in [5, 5.41) is 3.04. The van der Waals surface area contributed by atoms with Crippen molar-refractivity contribution in [2.24, 2.45) is 10.7 Å². The molecule has 0 saturated heterocycles. The van der Waals surface area contributed by atoms with Gasteiger partial charge < -0.3 is 25.3 Å². The molecule has 0 aliphatic heterocycles. The Bertz CT molecular complexity index is 662. The van der Waals surface area contributed by atoms with Crippen molar-refractivity contribution in [3.63, 3.8) is 0 Å². The minimum Gasteiger partial charge on any atom is -0.495 e. The smallest absolute Gasteiger partial charge is 0.193 e. The summed E-state index contributed by atoms with van der Waals surface area (Å²) < 4.78 is 16.4. The van der Waals surface area contributed by atoms with Gasteiger partial charge >= 0.3 is 0 Å². The summed E-state index contributed by atoms with van der Waals surface area (Å²) in [4.78, 5) is 4.28. The number of nitrogens with two attached hydrogens (primary N) is 1. The maximum absolute atomic E-state index is 5.89. The largest absolute Gasteiger partial charge is 0.495 e. The van der Waals surface area contributed by atoms with E-state index in [1.807, 2.05) is 54.6 Å². The van der Waals surface area contributed by atoms with Crippen LogP contribution in [-0.4, -0.2) is 39.4 Å². The summed E-state index contributed by atoms with van der Waals surface area (Å²) >= 11 is 0. The average Bonchev–Trinajstić information content (AvgIpc) is 2.68. The molecular weight excluding hydrogens is 330 g/mol. The van der Waals surface area contributed by atoms with Gasteiger partial charge in [-0.2, -0.15) is 0 Å². The Morgan fingerprint density at radius 2 is 1.69 bits per heavy atom. The number of hydrogen-bond donors (Lipinski definition) is 2. The molecule has 0 bridgehead atoms. The van der Waals surface area contributed by atoms with E-state index in [2.05, 4.69) is 10.3 Å². The second kappa shape index (κ2) is 11.9. The van der Waals surface area contributed by atoms with Crippen molar-refractivity contribution in [3.05, 3.63) is 60.2 Å². The molecule has 0 heterocycles. The Balaban J connectivity index is 1.52. The summed E-state index contributed by atoms with van der Waals surface area (Å²) in [6.45, 7) is 2.99. The molecule has 0 aromatic heterocycles. The monoisotopic (exact) mass is 357 g/mol. The van der Waals surface area contributed by atoms with Gasteiger partial charge in [0.05, 0.1) is 32.6 Å². The van der Waals surface area contributed by atoms with E-state index in [1.54, 1.807) is 7.11 Å². The highest BCUT2D eigenvalue weighted by molar-refractivity contribution is 5.93. The molecule has 0 saturated carbocycles. The third-order valence-corrected chi connectivity index (χ3v) is 3.58. The lowest BCUT2D eigenvalue weighted by molar-refractivity contribution is 0.0403. The molecule has 26 heavy (non-hydrogen) atoms. The first-order chi connectivity index (χ1) is 12.8. The molecule has 0 aliphatic carbocycles. The maximum atomic E-state index is 5.89. The fourth-order valence-electron chi connectivity index (χ4n) is 2.28. The standard InChI is InChI=1S/C20H27N3O3/c1-24-19-11-6-5-10-18(19)23-20(21)22-12-7-13-25-14-15-26-16-17-8-3-2-4-9-17/h2-6,8-11H,7,12-16H2,1H3,(H3,21,22,23). The number of methoxy groups -OCH3 is 1. The van der Waals surface area contributed by atoms with Crippen molar-refractivity contribution >= 4 is 11.6 Å². The van der Waals surface area contributed by atoms with Crippen LogP contribution in [0.3, 0.4) is 0 Å². The molecule has 0 unspecified atom stereocenters. The van der Waals surface area contributed by atoms with Crippen LogP contribution in [0.1, 0.15) is 12.0 Å². The zero-order chi connectivity index (χ0) is 18.5. The van der Waals surface area contributed by atoms with Crippen LogP contribution in [-0.2, 0) is 16.1 Å². The van der Waals surface area contributed by atoms with Crippen LogP contribution in [0.15, 0.2) is 59.6 Å². The molecule has 0 aliphatic rings. The van der Waals surface area contributed by atoms with Crippen molar-refractivity contribution in [2.45, 2.75) is 13.0 Å². The fourth-order valence-corrected chi connectivity index (χ4v) is 2.28. The Kier molecular flexibility index (Phi) is 9.03. The predicted octanol–water partition coefficient (Wildman–Crippen LogP) is 3.05. The molecule has 2 aromatic rings. The molecule has 0 amide bonds. The molecule has 0 spiro atoms. The van der Waals surface area contributed by atoms with E-state index in [1.165, 1.54) is 5.56 Å². The Morgan fingerprint density at radius 1 is 0.962 bits per heavy atom. The van der Waals surface area contributed by atoms with Crippen molar-refractivity contribution < 1.29 is 14.2 Å². The van der Waals surface area contributed by atoms with Crippen LogP contribution in [0, 0.1) is 0 Å². The number of nitrogens with zero attached hydrogens (tertiary/aromatic N) is 1. The molecule has 2 aromatic carbocycles. The quantitative estimate of drug-likeness (QED) is 0.367. The van der Waals surface area contributed by atoms with E-state index >= 15 is 0 Å². The minimum absolute atomic E-state index is 0.362. The fraction of sp³-hybridized carbons (Fsp3) is 0.350. The number of anilines is 1. The van der Waals surface area contributed by atoms with E-state index in [0.717, 1.165) is 17.9 Å². The van der Waals surface area contributed by atoms with Gasteiger partial charge in [0.1, 0.15) is 5.75 Å². The summed E-state index contributed by atoms with van der Waals surface area (Å²) in [5.74, 6) is 1.09. The van der Waals surface area contributed by atoms with Gasteiger partial charge in [-0.3, -0.25) is 4.99 Å². The number of rotatable bonds is 11. The lowest BCUT2D eigenvalue weighted by Gasteiger charge is -2.10. The number of guanidine groups is 1. The van der Waals surface area contributed by atoms with Crippen LogP contribution in [0.25, 0.3) is 0 Å². The van der Waals surface area contributed by atoms with Gasteiger partial charge in [-0.1, -0.05) is 42.5 Å². The van der Waals surface area contributed by atoms with Crippen LogP contribution in [0.4, 0.5) is 5.69 Å². The third-order valence-electron chi connectivity index (χ3n) is 3.58. The highest BCUT2D eigenvalue weighted by atomic mass is 16.5. The zero-order valence-corrected chi connectivity index (χ0v) is 15.2. The lowest BCUT2D eigenvalue weighted by atomic mass is 10.2. The number of benzene rings is 2. The maximum Gasteiger partial charge on any atom is 0.193 e. The van der Waals surface area contributed by atoms with Crippen LogP contribution >= 0.6 is 0 Å². The van der Waals surface area contributed by atoms with Gasteiger partial charge in [-0.05, 0) is 24.1 Å². The van der Waals surface area contributed by atoms with Gasteiger partial charge in [-0.25, -0.2) is 0 Å². The minimum atomic E-state index is 0.362. The number of aliphatic imine (C=N–C) groups is 1. The van der Waals surface area contributed by atoms with Crippen LogP contribution in [0.5, 0.6) is 5.75 Å². The second-order valence-electron chi connectivity index (χ2n) is 5.60. The van der Waals surface area contributed by atoms with E-state index in [9.17, 15) is 0 Å². The lowest BCUT2D eigenvalue weighted by Crippen LogP contribution is -2.23. The molecule has 3 N–H and O–H groups in total. The van der Waals surface area contributed by atoms with Crippen molar-refractivity contribution in [3.8, 4) is 5.75 Å². The average molecular weight is 357 g/mol. The first-order valence-corrected chi connectivity index (χ1v) is 8.69. The van der Waals surface area contributed by atoms with Gasteiger partial charge in [0, 0.05) is 13.2 Å². The predicted molar refractivity (Wildman–Crippen MR) is 105 cm³/mol. The van der Waals surface area contributed by atoms with Crippen molar-refractivity contribution in [2.75, 3.05) is 38.8 Å². The Morgan fingerprint density at radius 3 is 2.50 bits per heavy atom. The third kappa shape index (κ3) is 7.55. The molecule has 6 heteroatoms. The highest BCUT2D eigenvalue weighted by Gasteiger charge is 2.01. The number of ether oxygens (including phenoxy) is 3. The highest BCUT2D eigenvalue weighted by Crippen LogP contribution is 2.22. The number of nitrogens with one attached hydrogen (secondary N) is 1. The van der Waals surface area contributed by atoms with Crippen molar-refractivity contribution in [1.82, 2.24) is 0 Å². The van der Waals surface area contributed by atoms with Gasteiger partial charge in [0.2, 0.25) is 0 Å². The Hall–Kier alpha value is -2.57. The van der Waals surface area contributed by atoms with Crippen molar-refractivity contribution in [1.29, 1.82) is 0 Å². The summed E-state index contributed by atoms with van der Waals surface area (Å²) in [5.41, 5.74) is 7.85. The first-order valence-electron chi connectivity index (χ1n) is 8.69. The van der Waals surface area contributed by atoms with E-state index in [4.69, 9.17) is 19.9 Å². The van der Waals surface area contributed by atoms with E-state index in [0.29, 0.717) is 38.9 Å². The molecule has 140 valence electrons. The van der Waals surface area contributed by atoms with Gasteiger partial charge in [-0.15, -0.1) is 0 Å². The molecule has 0 radical (unpaired) electrons. The topological polar surface area (TPSA) is 78.1 Å². The number of para-hydroxylation sites is 2. The molecular formula is C20H27N3O3. The normalized spacial score (nSPS) is 11.3. The molecule has 2 rings (SSSR count). The van der Waals surface area contributed by atoms with Crippen LogP contribution in [0.2, 0.25) is 0 Å². The molecule has 0 atom stereocenters. The van der Waals surface area contributed by atoms with Crippen LogP contribution < -0.4 is 15.8 Å². The zero-order valence-electron chi connectivity index (χ0n) is 15.2. The Labute approximate surface area is 155 Å². The summed E-state index contributed by atoms with van der Waals surface area (Å²) in [7, 11) is 1.62. The number of hydrogen-bond acceptors (Lipinski definition) is 4. The molecule has 0 fully saturated rings.